The van der Waals surface area contributed by atoms with Crippen molar-refractivity contribution in [2.45, 2.75) is 19.9 Å². The number of hydrogen-bond acceptors (Lipinski definition) is 3. The van der Waals surface area contributed by atoms with Crippen molar-refractivity contribution in [3.8, 4) is 11.1 Å². The first kappa shape index (κ1) is 18.1. The topological polar surface area (TPSA) is 84.0 Å². The number of aryl methyl sites for hydroxylation is 1. The van der Waals surface area contributed by atoms with Crippen molar-refractivity contribution in [1.82, 2.24) is 9.55 Å². The van der Waals surface area contributed by atoms with Crippen LogP contribution in [0.1, 0.15) is 28.4 Å². The highest BCUT2D eigenvalue weighted by molar-refractivity contribution is 6.06. The molecule has 4 aromatic rings. The lowest BCUT2D eigenvalue weighted by atomic mass is 10.1. The molecule has 0 unspecified atom stereocenters. The second kappa shape index (κ2) is 6.84. The van der Waals surface area contributed by atoms with E-state index >= 15 is 0 Å². The van der Waals surface area contributed by atoms with E-state index in [1.165, 1.54) is 26.8 Å². The molecule has 1 aliphatic carbocycles. The molecule has 0 atom stereocenters. The molecular formula is C24H19N3O3. The summed E-state index contributed by atoms with van der Waals surface area (Å²) < 4.78 is 1.40. The number of carbonyl (C=O) groups excluding carboxylic acids is 1. The predicted molar refractivity (Wildman–Crippen MR) is 117 cm³/mol. The Hall–Kier alpha value is -3.93. The standard InChI is InChI=1S/C24H19N3O3/c1-2-27-21-10-7-15(13-20(21)26-23(29)24(27)30)22(28)25-17-8-9-19-16(12-17)11-14-5-3-4-6-18(14)19/h3-10,12-13H,2,11H2,1H3,(H,25,28)(H,26,29). The molecule has 6 heteroatoms. The van der Waals surface area contributed by atoms with Crippen LogP contribution in [0, 0.1) is 0 Å². The maximum atomic E-state index is 12.8. The predicted octanol–water partition coefficient (Wildman–Crippen LogP) is 3.53. The number of amides is 1. The number of nitrogens with zero attached hydrogens (tertiary/aromatic N) is 1. The molecule has 0 bridgehead atoms. The summed E-state index contributed by atoms with van der Waals surface area (Å²) >= 11 is 0. The van der Waals surface area contributed by atoms with E-state index in [9.17, 15) is 14.4 Å². The fourth-order valence-corrected chi connectivity index (χ4v) is 4.16. The van der Waals surface area contributed by atoms with Crippen molar-refractivity contribution in [3.05, 3.63) is 98.1 Å². The Morgan fingerprint density at radius 1 is 1.00 bits per heavy atom. The average molecular weight is 397 g/mol. The molecule has 3 aromatic carbocycles. The van der Waals surface area contributed by atoms with Gasteiger partial charge >= 0.3 is 11.1 Å². The highest BCUT2D eigenvalue weighted by Gasteiger charge is 2.18. The highest BCUT2D eigenvalue weighted by atomic mass is 16.2. The fourth-order valence-electron chi connectivity index (χ4n) is 4.16. The van der Waals surface area contributed by atoms with Crippen LogP contribution in [0.3, 0.4) is 0 Å². The summed E-state index contributed by atoms with van der Waals surface area (Å²) in [5, 5.41) is 2.93. The number of aromatic nitrogens is 2. The first-order valence-corrected chi connectivity index (χ1v) is 9.84. The van der Waals surface area contributed by atoms with Crippen molar-refractivity contribution < 1.29 is 4.79 Å². The molecule has 0 aliphatic heterocycles. The van der Waals surface area contributed by atoms with Gasteiger partial charge in [-0.2, -0.15) is 0 Å². The van der Waals surface area contributed by atoms with E-state index in [4.69, 9.17) is 0 Å². The van der Waals surface area contributed by atoms with E-state index < -0.39 is 11.1 Å². The lowest BCUT2D eigenvalue weighted by Gasteiger charge is -2.10. The van der Waals surface area contributed by atoms with Crippen molar-refractivity contribution >= 4 is 22.6 Å². The summed E-state index contributed by atoms with van der Waals surface area (Å²) in [6.45, 7) is 2.18. The van der Waals surface area contributed by atoms with Crippen LogP contribution in [0.4, 0.5) is 5.69 Å². The Labute approximate surface area is 171 Å². The quantitative estimate of drug-likeness (QED) is 0.457. The van der Waals surface area contributed by atoms with E-state index in [1.54, 1.807) is 25.1 Å². The minimum absolute atomic E-state index is 0.276. The van der Waals surface area contributed by atoms with E-state index in [0.29, 0.717) is 23.1 Å². The molecular weight excluding hydrogens is 378 g/mol. The number of carbonyl (C=O) groups is 1. The van der Waals surface area contributed by atoms with E-state index in [-0.39, 0.29) is 5.91 Å². The zero-order chi connectivity index (χ0) is 20.8. The van der Waals surface area contributed by atoms with Gasteiger partial charge in [-0.1, -0.05) is 30.3 Å². The van der Waals surface area contributed by atoms with E-state index in [2.05, 4.69) is 22.4 Å². The molecule has 1 heterocycles. The fraction of sp³-hybridized carbons (Fsp3) is 0.125. The maximum absolute atomic E-state index is 12.8. The third-order valence-electron chi connectivity index (χ3n) is 5.60. The van der Waals surface area contributed by atoms with Crippen LogP contribution >= 0.6 is 0 Å². The van der Waals surface area contributed by atoms with Crippen molar-refractivity contribution in [2.24, 2.45) is 0 Å². The Balaban J connectivity index is 1.45. The van der Waals surface area contributed by atoms with Gasteiger partial charge in [0.05, 0.1) is 11.0 Å². The number of anilines is 1. The van der Waals surface area contributed by atoms with Gasteiger partial charge in [0, 0.05) is 17.8 Å². The molecule has 5 rings (SSSR count). The Morgan fingerprint density at radius 3 is 2.63 bits per heavy atom. The summed E-state index contributed by atoms with van der Waals surface area (Å²) in [7, 11) is 0. The highest BCUT2D eigenvalue weighted by Crippen LogP contribution is 2.37. The van der Waals surface area contributed by atoms with Crippen LogP contribution in [0.5, 0.6) is 0 Å². The molecule has 1 aromatic heterocycles. The molecule has 2 N–H and O–H groups in total. The van der Waals surface area contributed by atoms with Gasteiger partial charge in [-0.25, -0.2) is 0 Å². The van der Waals surface area contributed by atoms with E-state index in [1.807, 2.05) is 30.3 Å². The summed E-state index contributed by atoms with van der Waals surface area (Å²) in [5.41, 5.74) is 5.80. The molecule has 0 saturated carbocycles. The van der Waals surface area contributed by atoms with Gasteiger partial charge in [0.25, 0.3) is 5.91 Å². The number of nitrogens with one attached hydrogen (secondary N) is 2. The van der Waals surface area contributed by atoms with Gasteiger partial charge in [0.1, 0.15) is 0 Å². The van der Waals surface area contributed by atoms with Crippen LogP contribution in [-0.2, 0) is 13.0 Å². The average Bonchev–Trinajstić information content (AvgIpc) is 3.12. The molecule has 1 amide bonds. The minimum Gasteiger partial charge on any atom is -0.322 e. The van der Waals surface area contributed by atoms with Crippen LogP contribution in [0.25, 0.3) is 22.2 Å². The van der Waals surface area contributed by atoms with Gasteiger partial charge < -0.3 is 14.9 Å². The first-order valence-electron chi connectivity index (χ1n) is 9.84. The Bertz CT molecular complexity index is 1450. The van der Waals surface area contributed by atoms with E-state index in [0.717, 1.165) is 12.1 Å². The third kappa shape index (κ3) is 2.85. The second-order valence-corrected chi connectivity index (χ2v) is 7.40. The summed E-state index contributed by atoms with van der Waals surface area (Å²) in [6.07, 6.45) is 0.848. The molecule has 148 valence electrons. The van der Waals surface area contributed by atoms with Crippen LogP contribution in [-0.4, -0.2) is 15.5 Å². The van der Waals surface area contributed by atoms with Gasteiger partial charge in [0.15, 0.2) is 0 Å². The lowest BCUT2D eigenvalue weighted by Crippen LogP contribution is -2.36. The zero-order valence-electron chi connectivity index (χ0n) is 16.4. The largest absolute Gasteiger partial charge is 0.322 e. The van der Waals surface area contributed by atoms with Crippen LogP contribution < -0.4 is 16.4 Å². The van der Waals surface area contributed by atoms with Crippen molar-refractivity contribution in [3.63, 3.8) is 0 Å². The molecule has 0 spiro atoms. The summed E-state index contributed by atoms with van der Waals surface area (Å²) in [4.78, 5) is 39.3. The van der Waals surface area contributed by atoms with Crippen LogP contribution in [0.2, 0.25) is 0 Å². The number of benzene rings is 3. The third-order valence-corrected chi connectivity index (χ3v) is 5.60. The molecule has 1 aliphatic rings. The molecule has 30 heavy (non-hydrogen) atoms. The molecule has 0 saturated heterocycles. The Morgan fingerprint density at radius 2 is 1.80 bits per heavy atom. The van der Waals surface area contributed by atoms with Gasteiger partial charge in [0.2, 0.25) is 0 Å². The minimum atomic E-state index is -0.694. The molecule has 0 fully saturated rings. The van der Waals surface area contributed by atoms with Crippen LogP contribution in [0.15, 0.2) is 70.3 Å². The normalized spacial score (nSPS) is 11.9. The monoisotopic (exact) mass is 397 g/mol. The molecule has 6 nitrogen and oxygen atoms in total. The van der Waals surface area contributed by atoms with Crippen molar-refractivity contribution in [1.29, 1.82) is 0 Å². The Kier molecular flexibility index (Phi) is 4.13. The number of H-pyrrole nitrogens is 1. The lowest BCUT2D eigenvalue weighted by molar-refractivity contribution is 0.102. The number of hydrogen-bond donors (Lipinski definition) is 2. The van der Waals surface area contributed by atoms with Gasteiger partial charge in [-0.15, -0.1) is 0 Å². The smallest absolute Gasteiger partial charge is 0.316 e. The second-order valence-electron chi connectivity index (χ2n) is 7.40. The van der Waals surface area contributed by atoms with Gasteiger partial charge in [-0.3, -0.25) is 14.4 Å². The first-order chi connectivity index (χ1) is 14.5. The SMILES string of the molecule is CCn1c(=O)c(=O)[nH]c2cc(C(=O)Nc3ccc4c(c3)Cc3ccccc3-4)ccc21. The van der Waals surface area contributed by atoms with Crippen molar-refractivity contribution in [2.75, 3.05) is 5.32 Å². The zero-order valence-corrected chi connectivity index (χ0v) is 16.4. The summed E-state index contributed by atoms with van der Waals surface area (Å²) in [6, 6.07) is 19.2. The number of aromatic amines is 1. The van der Waals surface area contributed by atoms with Gasteiger partial charge in [-0.05, 0) is 65.9 Å². The molecule has 0 radical (unpaired) electrons. The summed E-state index contributed by atoms with van der Waals surface area (Å²) in [5.74, 6) is -0.276. The number of rotatable bonds is 3. The number of fused-ring (bicyclic) bond motifs is 4. The maximum Gasteiger partial charge on any atom is 0.316 e.